The Labute approximate surface area is 440 Å². The van der Waals surface area contributed by atoms with Crippen LogP contribution in [0.25, 0.3) is 145 Å². The Balaban J connectivity index is 1.23. The second-order valence-electron chi connectivity index (χ2n) is 18.4. The first-order valence-electron chi connectivity index (χ1n) is 26.8. The van der Waals surface area contributed by atoms with Gasteiger partial charge in [0, 0.05) is 69.2 Å². The van der Waals surface area contributed by atoms with Crippen LogP contribution in [0.4, 0.5) is 5.69 Å². The molecule has 0 N–H and O–H groups in total. The molecule has 0 atom stereocenters. The fraction of sp³-hybridized carbons (Fsp3) is 0. The van der Waals surface area contributed by atoms with E-state index in [9.17, 15) is 11.8 Å². The Morgan fingerprint density at radius 2 is 0.946 bits per heavy atom. The van der Waals surface area contributed by atoms with Crippen molar-refractivity contribution >= 4 is 112 Å². The maximum absolute atomic E-state index is 12.3. The van der Waals surface area contributed by atoms with Crippen LogP contribution in [0.2, 0.25) is 0 Å². The quantitative estimate of drug-likeness (QED) is 0.153. The Kier molecular flexibility index (Phi) is 8.31. The number of hydrogen-bond donors (Lipinski definition) is 0. The molecule has 0 radical (unpaired) electrons. The fourth-order valence-corrected chi connectivity index (χ4v) is 14.3. The summed E-state index contributed by atoms with van der Waals surface area (Å²) >= 11 is 3.23. The van der Waals surface area contributed by atoms with Gasteiger partial charge in [-0.25, -0.2) is 4.85 Å². The lowest BCUT2D eigenvalue weighted by Crippen LogP contribution is -2.09. The van der Waals surface area contributed by atoms with Crippen LogP contribution in [-0.4, -0.2) is 9.13 Å². The van der Waals surface area contributed by atoms with E-state index in [0.29, 0.717) is 39.3 Å². The van der Waals surface area contributed by atoms with Crippen LogP contribution >= 0.6 is 22.7 Å². The smallest absolute Gasteiger partial charge is 0.220 e. The van der Waals surface area contributed by atoms with Crippen molar-refractivity contribution in [3.05, 3.63) is 247 Å². The summed E-state index contributed by atoms with van der Waals surface area (Å²) in [5.41, 5.74) is 10.9. The molecule has 0 aliphatic heterocycles. The number of nitriles is 1. The summed E-state index contributed by atoms with van der Waals surface area (Å²) in [4.78, 5) is 4.59. The molecule has 0 spiro atoms. The van der Waals surface area contributed by atoms with Crippen molar-refractivity contribution in [2.45, 2.75) is 0 Å². The average Bonchev–Trinajstić information content (AvgIpc) is 3.88. The van der Waals surface area contributed by atoms with Gasteiger partial charge in [0.05, 0.1) is 61.8 Å². The fourth-order valence-electron chi connectivity index (χ4n) is 11.7. The molecule has 4 aromatic heterocycles. The molecule has 0 amide bonds. The first kappa shape index (κ1) is 37.3. The van der Waals surface area contributed by atoms with E-state index in [2.05, 4.69) is 129 Å². The summed E-state index contributed by atoms with van der Waals surface area (Å²) in [6.45, 7) is 9.49. The van der Waals surface area contributed by atoms with Crippen LogP contribution in [-0.2, 0) is 0 Å². The predicted molar refractivity (Wildman–Crippen MR) is 314 cm³/mol. The molecular weight excluding hydrogens is 937 g/mol. The SMILES string of the molecule is [2H]c1c([2H])c([2H])c(-c2cccc3c2sc2c3ccc3c4ccc5c6ccccc6sc5c4n(-c4c(C#N)c(-c5ccccc5)c([N+]#[C-])c(-n5c6ccccc6c6cccc(-c7ccccc7)c65)c4-c4ccccc4)c32)c([2H])c1[2H]. The summed E-state index contributed by atoms with van der Waals surface area (Å²) < 4.78 is 52.6. The Hall–Kier alpha value is -9.56. The maximum atomic E-state index is 12.3. The topological polar surface area (TPSA) is 38.0 Å². The van der Waals surface area contributed by atoms with Crippen LogP contribution in [0.5, 0.6) is 0 Å². The lowest BCUT2D eigenvalue weighted by Gasteiger charge is -2.26. The zero-order valence-electron chi connectivity index (χ0n) is 44.2. The van der Waals surface area contributed by atoms with E-state index in [-0.39, 0.29) is 17.6 Å². The summed E-state index contributed by atoms with van der Waals surface area (Å²) in [6, 6.07) is 69.1. The van der Waals surface area contributed by atoms with E-state index in [1.54, 1.807) is 11.3 Å². The number of para-hydroxylation sites is 2. The first-order valence-corrected chi connectivity index (χ1v) is 25.9. The summed E-state index contributed by atoms with van der Waals surface area (Å²) in [6.07, 6.45) is 0. The first-order chi connectivity index (χ1) is 38.8. The minimum absolute atomic E-state index is 0.137. The van der Waals surface area contributed by atoms with E-state index in [1.165, 1.54) is 11.3 Å². The summed E-state index contributed by atoms with van der Waals surface area (Å²) in [5, 5.41) is 20.3. The van der Waals surface area contributed by atoms with Crippen LogP contribution in [0.15, 0.2) is 230 Å². The highest BCUT2D eigenvalue weighted by atomic mass is 32.1. The molecule has 0 fully saturated rings. The van der Waals surface area contributed by atoms with Crippen molar-refractivity contribution in [1.82, 2.24) is 9.13 Å². The van der Waals surface area contributed by atoms with E-state index in [1.807, 2.05) is 91.0 Å². The standard InChI is InChI=1S/C68H38N4S2/c1-70-60-58(43-24-10-4-11-25-43)55(40-69)62(59(44-26-12-5-13-27-44)65(60)71-56-34-16-14-28-47(56)49-32-18-30-45(61(49)71)41-20-6-2-7-21-41)72-63-50(36-38-53-48-29-15-17-35-57(48)73-67(53)63)51-37-39-54-52-33-19-31-46(42-22-8-3-9-23-42)66(52)74-68(54)64(51)72/h2-39H/i3D,8D,9D,22D,23D. The molecule has 0 aliphatic carbocycles. The van der Waals surface area contributed by atoms with Gasteiger partial charge < -0.3 is 9.13 Å². The van der Waals surface area contributed by atoms with Crippen LogP contribution in [0, 0.1) is 17.9 Å². The normalized spacial score (nSPS) is 12.7. The van der Waals surface area contributed by atoms with E-state index >= 15 is 0 Å². The molecule has 11 aromatic carbocycles. The summed E-state index contributed by atoms with van der Waals surface area (Å²) in [5.74, 6) is 0. The number of nitrogens with zero attached hydrogens (tertiary/aromatic N) is 4. The lowest BCUT2D eigenvalue weighted by molar-refractivity contribution is 1.14. The van der Waals surface area contributed by atoms with Gasteiger partial charge in [0.2, 0.25) is 5.69 Å². The van der Waals surface area contributed by atoms with E-state index in [4.69, 9.17) is 6.85 Å². The van der Waals surface area contributed by atoms with Crippen LogP contribution < -0.4 is 0 Å². The maximum Gasteiger partial charge on any atom is 0.220 e. The third kappa shape index (κ3) is 5.99. The van der Waals surface area contributed by atoms with Gasteiger partial charge in [-0.1, -0.05) is 218 Å². The largest absolute Gasteiger partial charge is 0.318 e. The van der Waals surface area contributed by atoms with Gasteiger partial charge in [-0.15, -0.1) is 22.7 Å². The van der Waals surface area contributed by atoms with Gasteiger partial charge in [0.15, 0.2) is 0 Å². The molecule has 0 aliphatic rings. The molecule has 342 valence electrons. The average molecular weight is 980 g/mol. The highest BCUT2D eigenvalue weighted by Gasteiger charge is 2.33. The predicted octanol–water partition coefficient (Wildman–Crippen LogP) is 19.7. The second kappa shape index (κ2) is 16.5. The molecule has 15 aromatic rings. The monoisotopic (exact) mass is 979 g/mol. The van der Waals surface area contributed by atoms with Gasteiger partial charge in [0.1, 0.15) is 6.07 Å². The number of hydrogen-bond acceptors (Lipinski definition) is 3. The second-order valence-corrected chi connectivity index (χ2v) is 20.5. The third-order valence-electron chi connectivity index (χ3n) is 14.7. The molecule has 0 saturated carbocycles. The highest BCUT2D eigenvalue weighted by molar-refractivity contribution is 7.27. The molecule has 15 rings (SSSR count). The van der Waals surface area contributed by atoms with Gasteiger partial charge >= 0.3 is 0 Å². The van der Waals surface area contributed by atoms with Gasteiger partial charge in [-0.3, -0.25) is 0 Å². The van der Waals surface area contributed by atoms with Crippen molar-refractivity contribution in [3.63, 3.8) is 0 Å². The van der Waals surface area contributed by atoms with Crippen molar-refractivity contribution < 1.29 is 6.85 Å². The summed E-state index contributed by atoms with van der Waals surface area (Å²) in [7, 11) is 0. The highest BCUT2D eigenvalue weighted by Crippen LogP contribution is 2.55. The Morgan fingerprint density at radius 1 is 0.419 bits per heavy atom. The van der Waals surface area contributed by atoms with Crippen molar-refractivity contribution in [2.75, 3.05) is 0 Å². The zero-order chi connectivity index (χ0) is 53.4. The minimum Gasteiger partial charge on any atom is -0.318 e. The number of rotatable bonds is 6. The molecule has 0 bridgehead atoms. The van der Waals surface area contributed by atoms with Crippen LogP contribution in [0.1, 0.15) is 12.4 Å². The number of thiophene rings is 2. The molecule has 4 nitrogen and oxygen atoms in total. The zero-order valence-corrected chi connectivity index (χ0v) is 40.8. The van der Waals surface area contributed by atoms with Crippen molar-refractivity contribution in [1.29, 1.82) is 5.26 Å². The van der Waals surface area contributed by atoms with Crippen molar-refractivity contribution in [3.8, 4) is 62.0 Å². The molecule has 74 heavy (non-hydrogen) atoms. The lowest BCUT2D eigenvalue weighted by atomic mass is 9.88. The van der Waals surface area contributed by atoms with E-state index in [0.717, 1.165) is 106 Å². The Bertz CT molecular complexity index is 5190. The third-order valence-corrected chi connectivity index (χ3v) is 17.1. The van der Waals surface area contributed by atoms with Crippen molar-refractivity contribution in [2.24, 2.45) is 0 Å². The van der Waals surface area contributed by atoms with Gasteiger partial charge in [0.25, 0.3) is 0 Å². The molecule has 0 saturated heterocycles. The van der Waals surface area contributed by atoms with Gasteiger partial charge in [-0.2, -0.15) is 5.26 Å². The molecule has 0 unspecified atom stereocenters. The number of aromatic nitrogens is 2. The molecule has 4 heterocycles. The van der Waals surface area contributed by atoms with E-state index < -0.39 is 18.1 Å². The Morgan fingerprint density at radius 3 is 1.64 bits per heavy atom. The molecule has 6 heteroatoms. The number of fused-ring (bicyclic) bond motifs is 14. The number of benzene rings is 11. The van der Waals surface area contributed by atoms with Gasteiger partial charge in [-0.05, 0) is 39.9 Å². The molecular formula is C68H38N4S2. The van der Waals surface area contributed by atoms with Crippen LogP contribution in [0.3, 0.4) is 0 Å². The minimum atomic E-state index is -0.445.